The van der Waals surface area contributed by atoms with Crippen molar-refractivity contribution in [2.45, 2.75) is 22.9 Å². The Morgan fingerprint density at radius 2 is 2.18 bits per heavy atom. The lowest BCUT2D eigenvalue weighted by atomic mass is 10.2. The van der Waals surface area contributed by atoms with Gasteiger partial charge >= 0.3 is 0 Å². The summed E-state index contributed by atoms with van der Waals surface area (Å²) in [6.45, 7) is 2.63. The molecule has 0 radical (unpaired) electrons. The first-order chi connectivity index (χ1) is 8.33. The lowest BCUT2D eigenvalue weighted by molar-refractivity contribution is 0.928. The van der Waals surface area contributed by atoms with Crippen LogP contribution in [0.3, 0.4) is 0 Å². The molecule has 1 atom stereocenters. The zero-order valence-corrected chi connectivity index (χ0v) is 11.2. The first kappa shape index (κ1) is 12.5. The number of hydrogen-bond donors (Lipinski definition) is 1. The molecule has 1 unspecified atom stereocenters. The number of aromatic nitrogens is 3. The Morgan fingerprint density at radius 1 is 1.41 bits per heavy atom. The van der Waals surface area contributed by atoms with Crippen LogP contribution in [0.25, 0.3) is 0 Å². The van der Waals surface area contributed by atoms with Gasteiger partial charge in [0, 0.05) is 30.6 Å². The van der Waals surface area contributed by atoms with Crippen LogP contribution in [-0.2, 0) is 6.42 Å². The number of pyridine rings is 1. The van der Waals surface area contributed by atoms with Crippen LogP contribution in [0.2, 0.25) is 0 Å². The first-order valence-electron chi connectivity index (χ1n) is 5.42. The van der Waals surface area contributed by atoms with Gasteiger partial charge in [-0.2, -0.15) is 4.37 Å². The first-order valence-corrected chi connectivity index (χ1v) is 7.08. The van der Waals surface area contributed by atoms with Gasteiger partial charge in [-0.05, 0) is 29.2 Å². The molecule has 0 spiro atoms. The van der Waals surface area contributed by atoms with Crippen molar-refractivity contribution in [3.05, 3.63) is 35.9 Å². The molecule has 2 rings (SSSR count). The molecule has 2 heterocycles. The third-order valence-corrected chi connectivity index (χ3v) is 4.40. The summed E-state index contributed by atoms with van der Waals surface area (Å²) in [5.74, 6) is 0.906. The predicted molar refractivity (Wildman–Crippen MR) is 71.2 cm³/mol. The van der Waals surface area contributed by atoms with E-state index < -0.39 is 0 Å². The average Bonchev–Trinajstić information content (AvgIpc) is 2.84. The van der Waals surface area contributed by atoms with Crippen LogP contribution in [-0.4, -0.2) is 20.9 Å². The van der Waals surface area contributed by atoms with Gasteiger partial charge in [0.2, 0.25) is 0 Å². The van der Waals surface area contributed by atoms with Crippen LogP contribution in [0.5, 0.6) is 0 Å². The Labute approximate surface area is 109 Å². The van der Waals surface area contributed by atoms with E-state index in [0.29, 0.717) is 6.54 Å². The zero-order chi connectivity index (χ0) is 12.1. The fourth-order valence-corrected chi connectivity index (χ4v) is 3.30. The molecule has 0 amide bonds. The molecular formula is C11H14N4S2. The van der Waals surface area contributed by atoms with E-state index in [1.54, 1.807) is 24.2 Å². The molecule has 90 valence electrons. The summed E-state index contributed by atoms with van der Waals surface area (Å²) in [5.41, 5.74) is 6.99. The van der Waals surface area contributed by atoms with Crippen LogP contribution in [0, 0.1) is 0 Å². The molecule has 6 heteroatoms. The van der Waals surface area contributed by atoms with Crippen LogP contribution in [0.1, 0.15) is 23.6 Å². The number of hydrogen-bond acceptors (Lipinski definition) is 6. The fourth-order valence-electron chi connectivity index (χ4n) is 1.38. The number of nitrogens with two attached hydrogens (primary N) is 1. The summed E-state index contributed by atoms with van der Waals surface area (Å²) < 4.78 is 5.25. The topological polar surface area (TPSA) is 64.7 Å². The Balaban J connectivity index is 2.10. The van der Waals surface area contributed by atoms with Gasteiger partial charge < -0.3 is 5.73 Å². The van der Waals surface area contributed by atoms with E-state index in [1.807, 2.05) is 12.1 Å². The van der Waals surface area contributed by atoms with Gasteiger partial charge in [0.15, 0.2) is 4.34 Å². The van der Waals surface area contributed by atoms with Crippen molar-refractivity contribution in [3.63, 3.8) is 0 Å². The second-order valence-corrected chi connectivity index (χ2v) is 5.65. The van der Waals surface area contributed by atoms with Crippen LogP contribution < -0.4 is 5.73 Å². The maximum absolute atomic E-state index is 5.81. The van der Waals surface area contributed by atoms with Gasteiger partial charge in [-0.25, -0.2) is 4.98 Å². The third-order valence-electron chi connectivity index (χ3n) is 2.30. The average molecular weight is 266 g/mol. The smallest absolute Gasteiger partial charge is 0.170 e. The largest absolute Gasteiger partial charge is 0.329 e. The molecule has 17 heavy (non-hydrogen) atoms. The van der Waals surface area contributed by atoms with Gasteiger partial charge in [-0.15, -0.1) is 0 Å². The Hall–Kier alpha value is -0.980. The van der Waals surface area contributed by atoms with Gasteiger partial charge in [-0.3, -0.25) is 4.98 Å². The van der Waals surface area contributed by atoms with Crippen molar-refractivity contribution < 1.29 is 0 Å². The minimum atomic E-state index is 0.218. The van der Waals surface area contributed by atoms with Crippen LogP contribution >= 0.6 is 23.3 Å². The van der Waals surface area contributed by atoms with Crippen molar-refractivity contribution >= 4 is 23.3 Å². The van der Waals surface area contributed by atoms with E-state index in [0.717, 1.165) is 16.6 Å². The highest BCUT2D eigenvalue weighted by molar-refractivity contribution is 8.01. The number of thioether (sulfide) groups is 1. The monoisotopic (exact) mass is 266 g/mol. The van der Waals surface area contributed by atoms with E-state index in [1.165, 1.54) is 17.1 Å². The molecule has 0 saturated carbocycles. The molecule has 2 N–H and O–H groups in total. The standard InChI is InChI=1S/C11H14N4S2/c1-2-10-14-11(17-15-10)16-9(7-12)8-3-5-13-6-4-8/h3-6,9H,2,7,12H2,1H3. The van der Waals surface area contributed by atoms with Gasteiger partial charge in [0.1, 0.15) is 5.82 Å². The molecule has 0 fully saturated rings. The normalized spacial score (nSPS) is 12.6. The molecule has 0 aliphatic heterocycles. The Kier molecular flexibility index (Phi) is 4.47. The number of rotatable bonds is 5. The zero-order valence-electron chi connectivity index (χ0n) is 9.54. The highest BCUT2D eigenvalue weighted by Gasteiger charge is 2.14. The Morgan fingerprint density at radius 3 is 2.76 bits per heavy atom. The second kappa shape index (κ2) is 6.09. The lowest BCUT2D eigenvalue weighted by Crippen LogP contribution is -2.09. The maximum atomic E-state index is 5.81. The van der Waals surface area contributed by atoms with E-state index in [2.05, 4.69) is 21.3 Å². The minimum Gasteiger partial charge on any atom is -0.329 e. The van der Waals surface area contributed by atoms with Gasteiger partial charge in [0.25, 0.3) is 0 Å². The minimum absolute atomic E-state index is 0.218. The fraction of sp³-hybridized carbons (Fsp3) is 0.364. The van der Waals surface area contributed by atoms with Crippen molar-refractivity contribution in [1.82, 2.24) is 14.3 Å². The molecule has 0 aromatic carbocycles. The van der Waals surface area contributed by atoms with Gasteiger partial charge in [0.05, 0.1) is 0 Å². The third kappa shape index (κ3) is 3.24. The van der Waals surface area contributed by atoms with E-state index in [4.69, 9.17) is 5.73 Å². The SMILES string of the molecule is CCc1nsc(SC(CN)c2ccncc2)n1. The summed E-state index contributed by atoms with van der Waals surface area (Å²) >= 11 is 3.11. The molecule has 0 aliphatic rings. The summed E-state index contributed by atoms with van der Waals surface area (Å²) in [4.78, 5) is 8.45. The van der Waals surface area contributed by atoms with Crippen molar-refractivity contribution in [3.8, 4) is 0 Å². The van der Waals surface area contributed by atoms with Crippen molar-refractivity contribution in [1.29, 1.82) is 0 Å². The highest BCUT2D eigenvalue weighted by Crippen LogP contribution is 2.34. The van der Waals surface area contributed by atoms with Gasteiger partial charge in [-0.1, -0.05) is 18.7 Å². The molecule has 0 aliphatic carbocycles. The molecule has 4 nitrogen and oxygen atoms in total. The second-order valence-electron chi connectivity index (χ2n) is 3.45. The number of aryl methyl sites for hydroxylation is 1. The van der Waals surface area contributed by atoms with Crippen molar-refractivity contribution in [2.75, 3.05) is 6.54 Å². The number of nitrogens with zero attached hydrogens (tertiary/aromatic N) is 3. The van der Waals surface area contributed by atoms with Crippen molar-refractivity contribution in [2.24, 2.45) is 5.73 Å². The molecule has 0 saturated heterocycles. The maximum Gasteiger partial charge on any atom is 0.170 e. The molecular weight excluding hydrogens is 252 g/mol. The molecule has 0 bridgehead atoms. The molecule has 2 aromatic rings. The quantitative estimate of drug-likeness (QED) is 0.841. The van der Waals surface area contributed by atoms with E-state index >= 15 is 0 Å². The van der Waals surface area contributed by atoms with E-state index in [-0.39, 0.29) is 5.25 Å². The highest BCUT2D eigenvalue weighted by atomic mass is 32.2. The molecule has 2 aromatic heterocycles. The summed E-state index contributed by atoms with van der Waals surface area (Å²) in [5, 5.41) is 0.218. The van der Waals surface area contributed by atoms with Crippen LogP contribution in [0.15, 0.2) is 28.9 Å². The summed E-state index contributed by atoms with van der Waals surface area (Å²) in [7, 11) is 0. The Bertz CT molecular complexity index is 458. The lowest BCUT2D eigenvalue weighted by Gasteiger charge is -2.11. The van der Waals surface area contributed by atoms with E-state index in [9.17, 15) is 0 Å². The predicted octanol–water partition coefficient (Wildman–Crippen LogP) is 2.29. The summed E-state index contributed by atoms with van der Waals surface area (Å²) in [6.07, 6.45) is 4.45. The summed E-state index contributed by atoms with van der Waals surface area (Å²) in [6, 6.07) is 3.98. The van der Waals surface area contributed by atoms with Crippen LogP contribution in [0.4, 0.5) is 0 Å².